The van der Waals surface area contributed by atoms with Crippen LogP contribution in [0.3, 0.4) is 0 Å². The number of allylic oxidation sites excluding steroid dienone is 1. The summed E-state index contributed by atoms with van der Waals surface area (Å²) >= 11 is 0. The molecule has 0 aromatic carbocycles. The summed E-state index contributed by atoms with van der Waals surface area (Å²) in [4.78, 5) is 25.6. The standard InChI is InChI=1S/C21H26O3/c1-3-20-9-7-15-14-6-5-13(22)11-17(14)19(23)12-16(15)18(20)8-10-21(20,24)4-2/h2,11,14-16,18,24H,3,5-10,12H2,1H3/t14-,15-,16-,18+,20-,21?/m1/s1/i5D2,11D,12D2,14D. The van der Waals surface area contributed by atoms with Crippen molar-refractivity contribution in [2.45, 2.75) is 63.8 Å². The van der Waals surface area contributed by atoms with E-state index in [9.17, 15) is 14.7 Å². The number of Topliss-reactive ketones (excluding diaryl/α,β-unsaturated/α-hetero) is 1. The van der Waals surface area contributed by atoms with Crippen LogP contribution in [0.2, 0.25) is 0 Å². The lowest BCUT2D eigenvalue weighted by molar-refractivity contribution is -0.132. The van der Waals surface area contributed by atoms with Gasteiger partial charge in [0.15, 0.2) is 11.6 Å². The number of carbonyl (C=O) groups is 2. The van der Waals surface area contributed by atoms with Crippen LogP contribution in [-0.4, -0.2) is 22.3 Å². The second-order valence-corrected chi connectivity index (χ2v) is 7.51. The smallest absolute Gasteiger partial charge is 0.159 e. The Morgan fingerprint density at radius 2 is 2.21 bits per heavy atom. The second-order valence-electron chi connectivity index (χ2n) is 7.51. The predicted octanol–water partition coefficient (Wildman–Crippen LogP) is 3.06. The van der Waals surface area contributed by atoms with Crippen molar-refractivity contribution in [1.82, 2.24) is 0 Å². The molecule has 3 fully saturated rings. The monoisotopic (exact) mass is 332 g/mol. The molecule has 0 aliphatic heterocycles. The summed E-state index contributed by atoms with van der Waals surface area (Å²) in [5, 5.41) is 11.2. The Bertz CT molecular complexity index is 920. The minimum Gasteiger partial charge on any atom is -0.377 e. The predicted molar refractivity (Wildman–Crippen MR) is 90.9 cm³/mol. The first kappa shape index (κ1) is 10.6. The Balaban J connectivity index is 1.93. The van der Waals surface area contributed by atoms with E-state index in [1.165, 1.54) is 0 Å². The molecule has 0 aromatic rings. The van der Waals surface area contributed by atoms with Crippen LogP contribution in [0.25, 0.3) is 0 Å². The summed E-state index contributed by atoms with van der Waals surface area (Å²) in [5.41, 5.74) is -2.68. The van der Waals surface area contributed by atoms with E-state index >= 15 is 0 Å². The van der Waals surface area contributed by atoms with Crippen LogP contribution in [-0.2, 0) is 9.59 Å². The minimum absolute atomic E-state index is 0.274. The van der Waals surface area contributed by atoms with Gasteiger partial charge in [0.05, 0.1) is 1.37 Å². The molecule has 0 amide bonds. The maximum Gasteiger partial charge on any atom is 0.159 e. The van der Waals surface area contributed by atoms with Gasteiger partial charge < -0.3 is 5.11 Å². The highest BCUT2D eigenvalue weighted by Crippen LogP contribution is 2.65. The van der Waals surface area contributed by atoms with E-state index in [1.807, 2.05) is 6.92 Å². The molecule has 1 unspecified atom stereocenters. The fraction of sp³-hybridized carbons (Fsp3) is 0.714. The lowest BCUT2D eigenvalue weighted by Gasteiger charge is -2.55. The molecule has 0 spiro atoms. The molecular formula is C21H26O3. The van der Waals surface area contributed by atoms with E-state index < -0.39 is 77.0 Å². The van der Waals surface area contributed by atoms with Gasteiger partial charge in [-0.2, -0.15) is 0 Å². The third kappa shape index (κ3) is 1.90. The fourth-order valence-electron chi connectivity index (χ4n) is 5.77. The molecular weight excluding hydrogens is 300 g/mol. The van der Waals surface area contributed by atoms with Gasteiger partial charge in [-0.05, 0) is 68.2 Å². The average Bonchev–Trinajstić information content (AvgIpc) is 2.98. The van der Waals surface area contributed by atoms with Crippen molar-refractivity contribution in [3.63, 3.8) is 0 Å². The van der Waals surface area contributed by atoms with Gasteiger partial charge in [-0.1, -0.05) is 12.8 Å². The first-order valence-electron chi connectivity index (χ1n) is 11.7. The lowest BCUT2D eigenvalue weighted by Crippen LogP contribution is -2.54. The van der Waals surface area contributed by atoms with Gasteiger partial charge in [0.25, 0.3) is 0 Å². The van der Waals surface area contributed by atoms with Crippen LogP contribution in [0.15, 0.2) is 11.6 Å². The third-order valence-corrected chi connectivity index (χ3v) is 6.96. The molecule has 24 heavy (non-hydrogen) atoms. The molecule has 4 aliphatic carbocycles. The van der Waals surface area contributed by atoms with E-state index in [2.05, 4.69) is 5.92 Å². The van der Waals surface area contributed by atoms with Crippen molar-refractivity contribution < 1.29 is 22.9 Å². The average molecular weight is 332 g/mol. The Kier molecular flexibility index (Phi) is 2.33. The van der Waals surface area contributed by atoms with Crippen molar-refractivity contribution in [3.05, 3.63) is 11.6 Å². The Morgan fingerprint density at radius 3 is 2.92 bits per heavy atom. The van der Waals surface area contributed by atoms with E-state index in [-0.39, 0.29) is 12.8 Å². The number of hydrogen-bond acceptors (Lipinski definition) is 3. The van der Waals surface area contributed by atoms with Gasteiger partial charge in [0, 0.05) is 30.6 Å². The molecule has 1 N–H and O–H groups in total. The molecule has 0 aromatic heterocycles. The number of fused-ring (bicyclic) bond motifs is 5. The summed E-state index contributed by atoms with van der Waals surface area (Å²) in [5.74, 6) is -3.67. The summed E-state index contributed by atoms with van der Waals surface area (Å²) in [6, 6.07) is -0.868. The molecule has 0 radical (unpaired) electrons. The fourth-order valence-corrected chi connectivity index (χ4v) is 5.77. The Labute approximate surface area is 152 Å². The number of aliphatic hydroxyl groups is 1. The summed E-state index contributed by atoms with van der Waals surface area (Å²) < 4.78 is 50.8. The zero-order valence-electron chi connectivity index (χ0n) is 19.8. The number of hydrogen-bond donors (Lipinski definition) is 1. The topological polar surface area (TPSA) is 54.4 Å². The highest BCUT2D eigenvalue weighted by molar-refractivity contribution is 6.05. The number of carbonyl (C=O) groups excluding carboxylic acids is 2. The number of rotatable bonds is 1. The molecule has 128 valence electrons. The van der Waals surface area contributed by atoms with E-state index in [0.717, 1.165) is 0 Å². The van der Waals surface area contributed by atoms with Gasteiger partial charge in [-0.3, -0.25) is 9.59 Å². The minimum atomic E-state index is -2.45. The summed E-state index contributed by atoms with van der Waals surface area (Å²) in [6.45, 7) is 1.89. The van der Waals surface area contributed by atoms with Crippen molar-refractivity contribution >= 4 is 11.6 Å². The van der Waals surface area contributed by atoms with Crippen LogP contribution >= 0.6 is 0 Å². The largest absolute Gasteiger partial charge is 0.377 e. The van der Waals surface area contributed by atoms with Gasteiger partial charge in [0.2, 0.25) is 0 Å². The highest BCUT2D eigenvalue weighted by atomic mass is 16.3. The molecule has 3 nitrogen and oxygen atoms in total. The van der Waals surface area contributed by atoms with Crippen LogP contribution in [0, 0.1) is 41.4 Å². The molecule has 0 heterocycles. The lowest BCUT2D eigenvalue weighted by atomic mass is 9.49. The van der Waals surface area contributed by atoms with Gasteiger partial charge in [-0.25, -0.2) is 0 Å². The van der Waals surface area contributed by atoms with Crippen LogP contribution in [0.4, 0.5) is 0 Å². The zero-order chi connectivity index (χ0) is 22.5. The zero-order valence-corrected chi connectivity index (χ0v) is 13.8. The normalized spacial score (nSPS) is 58.6. The van der Waals surface area contributed by atoms with Crippen molar-refractivity contribution in [2.75, 3.05) is 0 Å². The maximum atomic E-state index is 13.3. The van der Waals surface area contributed by atoms with Gasteiger partial charge in [0.1, 0.15) is 5.60 Å². The molecule has 4 rings (SSSR count). The van der Waals surface area contributed by atoms with Crippen molar-refractivity contribution in [3.8, 4) is 12.3 Å². The van der Waals surface area contributed by atoms with Crippen LogP contribution in [0.5, 0.6) is 0 Å². The molecule has 6 atom stereocenters. The molecule has 0 bridgehead atoms. The van der Waals surface area contributed by atoms with Gasteiger partial charge in [-0.15, -0.1) is 6.42 Å². The van der Waals surface area contributed by atoms with Crippen molar-refractivity contribution in [1.29, 1.82) is 0 Å². The van der Waals surface area contributed by atoms with Crippen LogP contribution in [0.1, 0.15) is 66.4 Å². The Morgan fingerprint density at radius 1 is 1.42 bits per heavy atom. The first-order valence-corrected chi connectivity index (χ1v) is 8.74. The van der Waals surface area contributed by atoms with Crippen molar-refractivity contribution in [2.24, 2.45) is 29.1 Å². The highest BCUT2D eigenvalue weighted by Gasteiger charge is 2.64. The maximum absolute atomic E-state index is 13.3. The second kappa shape index (κ2) is 5.30. The SMILES string of the molecule is [2H]C1=C2C(=O)C([2H])([2H])[C@H]3[C@@H]4CCC(O)(C#C)[C@]4(CC)CC[C@@H]3[C@@]2([2H])CC([2H])([2H])C1=O. The Hall–Kier alpha value is -1.40. The quantitative estimate of drug-likeness (QED) is 0.751. The molecule has 0 saturated heterocycles. The first-order chi connectivity index (χ1) is 13.7. The third-order valence-electron chi connectivity index (χ3n) is 6.96. The van der Waals surface area contributed by atoms with E-state index in [0.29, 0.717) is 19.3 Å². The van der Waals surface area contributed by atoms with Crippen LogP contribution < -0.4 is 0 Å². The number of ketones is 2. The summed E-state index contributed by atoms with van der Waals surface area (Å²) in [7, 11) is 0. The molecule has 4 aliphatic rings. The molecule has 3 heteroatoms. The van der Waals surface area contributed by atoms with E-state index in [4.69, 9.17) is 14.6 Å². The summed E-state index contributed by atoms with van der Waals surface area (Å²) in [6.07, 6.45) is 2.15. The number of terminal acetylenes is 1. The van der Waals surface area contributed by atoms with Gasteiger partial charge >= 0.3 is 0 Å². The molecule has 3 saturated carbocycles. The van der Waals surface area contributed by atoms with E-state index in [1.54, 1.807) is 0 Å².